The molecule has 1 aromatic heterocycles. The Labute approximate surface area is 165 Å². The standard InChI is InChI=1S/C16H27BrClN5.ClH/c1-3-4-5-6-7-8-19-16-20-14(18)13(17)15(21-16)23-11-9-22(2)10-12-23;/h3-12H2,1-2H3,(H,19,20,21);1H. The third-order valence-corrected chi connectivity index (χ3v) is 5.39. The number of nitrogens with zero attached hydrogens (tertiary/aromatic N) is 4. The van der Waals surface area contributed by atoms with E-state index in [2.05, 4.69) is 55.0 Å². The highest BCUT2D eigenvalue weighted by molar-refractivity contribution is 9.10. The highest BCUT2D eigenvalue weighted by Crippen LogP contribution is 2.31. The smallest absolute Gasteiger partial charge is 0.226 e. The lowest BCUT2D eigenvalue weighted by Crippen LogP contribution is -2.45. The molecular weight excluding hydrogens is 413 g/mol. The molecule has 0 aromatic carbocycles. The Balaban J connectivity index is 0.00000288. The normalized spacial score (nSPS) is 15.2. The minimum absolute atomic E-state index is 0. The van der Waals surface area contributed by atoms with Crippen molar-refractivity contribution in [1.29, 1.82) is 0 Å². The summed E-state index contributed by atoms with van der Waals surface area (Å²) in [6.45, 7) is 7.11. The molecule has 1 saturated heterocycles. The molecule has 1 fully saturated rings. The predicted molar refractivity (Wildman–Crippen MR) is 109 cm³/mol. The van der Waals surface area contributed by atoms with Crippen molar-refractivity contribution < 1.29 is 0 Å². The summed E-state index contributed by atoms with van der Waals surface area (Å²) in [5.41, 5.74) is 0. The molecule has 138 valence electrons. The minimum Gasteiger partial charge on any atom is -0.354 e. The molecule has 0 spiro atoms. The van der Waals surface area contributed by atoms with E-state index < -0.39 is 0 Å². The Bertz CT molecular complexity index is 496. The van der Waals surface area contributed by atoms with Crippen molar-refractivity contribution in [3.63, 3.8) is 0 Å². The van der Waals surface area contributed by atoms with Gasteiger partial charge in [-0.15, -0.1) is 12.4 Å². The van der Waals surface area contributed by atoms with Gasteiger partial charge in [-0.1, -0.05) is 44.2 Å². The fourth-order valence-electron chi connectivity index (χ4n) is 2.64. The Morgan fingerprint density at radius 1 is 1.08 bits per heavy atom. The van der Waals surface area contributed by atoms with E-state index in [9.17, 15) is 0 Å². The fourth-order valence-corrected chi connectivity index (χ4v) is 3.24. The van der Waals surface area contributed by atoms with Crippen molar-refractivity contribution in [3.8, 4) is 0 Å². The van der Waals surface area contributed by atoms with Crippen LogP contribution in [-0.2, 0) is 0 Å². The number of likely N-dealkylation sites (N-methyl/N-ethyl adjacent to an activating group) is 1. The van der Waals surface area contributed by atoms with Crippen LogP contribution in [0.15, 0.2) is 4.47 Å². The quantitative estimate of drug-likeness (QED) is 0.477. The van der Waals surface area contributed by atoms with Crippen molar-refractivity contribution in [3.05, 3.63) is 9.63 Å². The van der Waals surface area contributed by atoms with Gasteiger partial charge in [-0.2, -0.15) is 9.97 Å². The Morgan fingerprint density at radius 3 is 2.42 bits per heavy atom. The van der Waals surface area contributed by atoms with E-state index in [0.717, 1.165) is 49.4 Å². The SMILES string of the molecule is CCCCCCCNc1nc(Cl)c(Br)c(N2CCN(C)CC2)n1.Cl. The number of aromatic nitrogens is 2. The van der Waals surface area contributed by atoms with E-state index in [1.807, 2.05) is 0 Å². The van der Waals surface area contributed by atoms with Gasteiger partial charge in [0.1, 0.15) is 5.82 Å². The summed E-state index contributed by atoms with van der Waals surface area (Å²) in [5, 5.41) is 3.79. The van der Waals surface area contributed by atoms with Crippen LogP contribution in [0.3, 0.4) is 0 Å². The lowest BCUT2D eigenvalue weighted by atomic mass is 10.1. The largest absolute Gasteiger partial charge is 0.354 e. The molecule has 1 aliphatic heterocycles. The number of piperazine rings is 1. The molecule has 0 amide bonds. The molecule has 8 heteroatoms. The maximum Gasteiger partial charge on any atom is 0.226 e. The lowest BCUT2D eigenvalue weighted by molar-refractivity contribution is 0.312. The second kappa shape index (κ2) is 11.3. The van der Waals surface area contributed by atoms with E-state index in [4.69, 9.17) is 11.6 Å². The first kappa shape index (κ1) is 21.7. The maximum absolute atomic E-state index is 6.27. The van der Waals surface area contributed by atoms with Crippen LogP contribution in [0.1, 0.15) is 39.0 Å². The van der Waals surface area contributed by atoms with Gasteiger partial charge in [0.15, 0.2) is 5.15 Å². The average molecular weight is 441 g/mol. The molecule has 0 radical (unpaired) electrons. The van der Waals surface area contributed by atoms with Crippen LogP contribution in [0.2, 0.25) is 5.15 Å². The van der Waals surface area contributed by atoms with Crippen molar-refractivity contribution in [2.75, 3.05) is 50.0 Å². The van der Waals surface area contributed by atoms with Crippen LogP contribution >= 0.6 is 39.9 Å². The lowest BCUT2D eigenvalue weighted by Gasteiger charge is -2.33. The average Bonchev–Trinajstić information content (AvgIpc) is 2.55. The highest BCUT2D eigenvalue weighted by Gasteiger charge is 2.20. The van der Waals surface area contributed by atoms with Crippen LogP contribution in [-0.4, -0.2) is 54.6 Å². The van der Waals surface area contributed by atoms with Gasteiger partial charge in [0.05, 0.1) is 4.47 Å². The van der Waals surface area contributed by atoms with Gasteiger partial charge in [0, 0.05) is 32.7 Å². The van der Waals surface area contributed by atoms with Crippen LogP contribution < -0.4 is 10.2 Å². The third-order valence-electron chi connectivity index (χ3n) is 4.16. The van der Waals surface area contributed by atoms with Gasteiger partial charge >= 0.3 is 0 Å². The summed E-state index contributed by atoms with van der Waals surface area (Å²) in [6, 6.07) is 0. The second-order valence-electron chi connectivity index (χ2n) is 6.11. The first-order valence-electron chi connectivity index (χ1n) is 8.52. The van der Waals surface area contributed by atoms with Crippen LogP contribution in [0, 0.1) is 0 Å². The summed E-state index contributed by atoms with van der Waals surface area (Å²) in [6.07, 6.45) is 6.27. The molecule has 5 nitrogen and oxygen atoms in total. The molecule has 2 rings (SSSR count). The van der Waals surface area contributed by atoms with Crippen molar-refractivity contribution in [2.45, 2.75) is 39.0 Å². The van der Waals surface area contributed by atoms with E-state index in [0.29, 0.717) is 11.1 Å². The van der Waals surface area contributed by atoms with E-state index in [-0.39, 0.29) is 12.4 Å². The van der Waals surface area contributed by atoms with E-state index >= 15 is 0 Å². The Hall–Kier alpha value is -0.300. The minimum atomic E-state index is 0. The van der Waals surface area contributed by atoms with E-state index in [1.165, 1.54) is 25.7 Å². The molecular formula is C16H28BrCl2N5. The topological polar surface area (TPSA) is 44.3 Å². The maximum atomic E-state index is 6.27. The number of anilines is 2. The third kappa shape index (κ3) is 6.54. The van der Waals surface area contributed by atoms with Gasteiger partial charge in [0.25, 0.3) is 0 Å². The van der Waals surface area contributed by atoms with E-state index in [1.54, 1.807) is 0 Å². The zero-order chi connectivity index (χ0) is 16.7. The summed E-state index contributed by atoms with van der Waals surface area (Å²) in [5.74, 6) is 1.52. The summed E-state index contributed by atoms with van der Waals surface area (Å²) in [4.78, 5) is 13.6. The first-order chi connectivity index (χ1) is 11.1. The Kier molecular flexibility index (Phi) is 10.3. The fraction of sp³-hybridized carbons (Fsp3) is 0.750. The first-order valence-corrected chi connectivity index (χ1v) is 9.69. The van der Waals surface area contributed by atoms with Gasteiger partial charge in [-0.3, -0.25) is 0 Å². The number of halogens is 3. The molecule has 2 heterocycles. The summed E-state index contributed by atoms with van der Waals surface area (Å²) < 4.78 is 0.789. The monoisotopic (exact) mass is 439 g/mol. The number of rotatable bonds is 8. The molecule has 0 atom stereocenters. The number of hydrogen-bond donors (Lipinski definition) is 1. The number of unbranched alkanes of at least 4 members (excludes halogenated alkanes) is 4. The zero-order valence-corrected chi connectivity index (χ0v) is 17.7. The molecule has 0 aliphatic carbocycles. The van der Waals surface area contributed by atoms with Crippen LogP contribution in [0.25, 0.3) is 0 Å². The highest BCUT2D eigenvalue weighted by atomic mass is 79.9. The molecule has 0 saturated carbocycles. The van der Waals surface area contributed by atoms with Gasteiger partial charge in [0.2, 0.25) is 5.95 Å². The predicted octanol–water partition coefficient (Wildman–Crippen LogP) is 4.45. The van der Waals surface area contributed by atoms with Gasteiger partial charge < -0.3 is 15.1 Å². The van der Waals surface area contributed by atoms with Crippen LogP contribution in [0.4, 0.5) is 11.8 Å². The van der Waals surface area contributed by atoms with Crippen molar-refractivity contribution >= 4 is 51.7 Å². The Morgan fingerprint density at radius 2 is 1.75 bits per heavy atom. The second-order valence-corrected chi connectivity index (χ2v) is 7.26. The summed E-state index contributed by atoms with van der Waals surface area (Å²) >= 11 is 9.81. The van der Waals surface area contributed by atoms with Crippen molar-refractivity contribution in [2.24, 2.45) is 0 Å². The van der Waals surface area contributed by atoms with Gasteiger partial charge in [-0.05, 0) is 29.4 Å². The van der Waals surface area contributed by atoms with Crippen LogP contribution in [0.5, 0.6) is 0 Å². The molecule has 1 aromatic rings. The molecule has 24 heavy (non-hydrogen) atoms. The molecule has 0 unspecified atom stereocenters. The molecule has 1 aliphatic rings. The van der Waals surface area contributed by atoms with Crippen molar-refractivity contribution in [1.82, 2.24) is 14.9 Å². The summed E-state index contributed by atoms with van der Waals surface area (Å²) in [7, 11) is 2.14. The van der Waals surface area contributed by atoms with Gasteiger partial charge in [-0.25, -0.2) is 0 Å². The number of hydrogen-bond acceptors (Lipinski definition) is 5. The number of nitrogens with one attached hydrogen (secondary N) is 1. The molecule has 0 bridgehead atoms. The molecule has 1 N–H and O–H groups in total. The zero-order valence-electron chi connectivity index (χ0n) is 14.5.